The maximum atomic E-state index is 11.7. The molecule has 0 amide bonds. The summed E-state index contributed by atoms with van der Waals surface area (Å²) in [6.07, 6.45) is 5.10. The van der Waals surface area contributed by atoms with E-state index < -0.39 is 0 Å². The van der Waals surface area contributed by atoms with Crippen LogP contribution in [0.2, 0.25) is 10.0 Å². The molecule has 3 atom stereocenters. The van der Waals surface area contributed by atoms with E-state index in [0.717, 1.165) is 17.5 Å². The second kappa shape index (κ2) is 7.06. The number of ether oxygens (including phenoxy) is 1. The molecule has 7 heteroatoms. The monoisotopic (exact) mass is 404 g/mol. The Morgan fingerprint density at radius 3 is 2.85 bits per heavy atom. The molecule has 0 saturated heterocycles. The van der Waals surface area contributed by atoms with E-state index in [-0.39, 0.29) is 28.5 Å². The van der Waals surface area contributed by atoms with Crippen molar-refractivity contribution in [2.24, 2.45) is 5.92 Å². The van der Waals surface area contributed by atoms with Crippen LogP contribution in [-0.4, -0.2) is 11.5 Å². The zero-order chi connectivity index (χ0) is 19.1. The van der Waals surface area contributed by atoms with Gasteiger partial charge < -0.3 is 10.1 Å². The molecular formula is C20H18Cl2N2O3. The van der Waals surface area contributed by atoms with Crippen molar-refractivity contribution >= 4 is 34.6 Å². The van der Waals surface area contributed by atoms with Gasteiger partial charge in [0, 0.05) is 5.92 Å². The minimum absolute atomic E-state index is 0.0119. The zero-order valence-electron chi connectivity index (χ0n) is 14.6. The van der Waals surface area contributed by atoms with E-state index in [4.69, 9.17) is 27.9 Å². The van der Waals surface area contributed by atoms with Crippen molar-refractivity contribution < 1.29 is 9.66 Å². The van der Waals surface area contributed by atoms with Gasteiger partial charge in [0.1, 0.15) is 11.4 Å². The third-order valence-corrected chi connectivity index (χ3v) is 6.08. The Kier molecular flexibility index (Phi) is 4.74. The molecule has 0 bridgehead atoms. The second-order valence-electron chi connectivity index (χ2n) is 6.72. The lowest BCUT2D eigenvalue weighted by Crippen LogP contribution is -2.30. The van der Waals surface area contributed by atoms with Crippen molar-refractivity contribution in [1.29, 1.82) is 0 Å². The number of nitrogens with zero attached hydrogens (tertiary/aromatic N) is 1. The molecule has 1 aliphatic carbocycles. The summed E-state index contributed by atoms with van der Waals surface area (Å²) in [5.41, 5.74) is 2.28. The van der Waals surface area contributed by atoms with Gasteiger partial charge in [-0.2, -0.15) is 0 Å². The van der Waals surface area contributed by atoms with Gasteiger partial charge in [-0.25, -0.2) is 0 Å². The van der Waals surface area contributed by atoms with Gasteiger partial charge in [-0.1, -0.05) is 47.5 Å². The average molecular weight is 405 g/mol. The number of halogens is 2. The van der Waals surface area contributed by atoms with Crippen LogP contribution in [0.15, 0.2) is 42.5 Å². The van der Waals surface area contributed by atoms with Gasteiger partial charge in [-0.3, -0.25) is 10.1 Å². The first kappa shape index (κ1) is 18.1. The molecule has 4 rings (SSSR count). The first-order valence-electron chi connectivity index (χ1n) is 8.83. The summed E-state index contributed by atoms with van der Waals surface area (Å²) in [5, 5.41) is 16.1. The number of rotatable bonds is 4. The third kappa shape index (κ3) is 3.05. The molecule has 2 aliphatic rings. The van der Waals surface area contributed by atoms with E-state index in [1.165, 1.54) is 6.07 Å². The predicted molar refractivity (Wildman–Crippen MR) is 107 cm³/mol. The van der Waals surface area contributed by atoms with Crippen LogP contribution in [0.1, 0.15) is 36.4 Å². The zero-order valence-corrected chi connectivity index (χ0v) is 16.1. The smallest absolute Gasteiger partial charge is 0.296 e. The van der Waals surface area contributed by atoms with E-state index in [2.05, 4.69) is 17.5 Å². The summed E-state index contributed by atoms with van der Waals surface area (Å²) in [7, 11) is 0. The fraction of sp³-hybridized carbons (Fsp3) is 0.300. The molecule has 0 radical (unpaired) electrons. The molecule has 0 spiro atoms. The quantitative estimate of drug-likeness (QED) is 0.378. The molecule has 2 aromatic rings. The Balaban J connectivity index is 1.87. The topological polar surface area (TPSA) is 64.4 Å². The number of allylic oxidation sites excluding steroid dienone is 2. The molecule has 1 aliphatic heterocycles. The lowest BCUT2D eigenvalue weighted by atomic mass is 9.76. The Morgan fingerprint density at radius 2 is 2.11 bits per heavy atom. The fourth-order valence-electron chi connectivity index (χ4n) is 4.12. The highest BCUT2D eigenvalue weighted by molar-refractivity contribution is 6.42. The summed E-state index contributed by atoms with van der Waals surface area (Å²) < 4.78 is 5.56. The van der Waals surface area contributed by atoms with Crippen LogP contribution in [0, 0.1) is 16.0 Å². The van der Waals surface area contributed by atoms with Crippen LogP contribution in [0.3, 0.4) is 0 Å². The van der Waals surface area contributed by atoms with Crippen molar-refractivity contribution in [3.8, 4) is 5.75 Å². The lowest BCUT2D eigenvalue weighted by molar-refractivity contribution is -0.384. The maximum absolute atomic E-state index is 11.7. The molecule has 1 N–H and O–H groups in total. The number of nitro groups is 1. The standard InChI is InChI=1S/C20H18Cl2N2O3/c1-2-27-11-9-15-12-5-3-6-13(12)19(14-7-4-8-16(21)18(14)22)23-20(15)17(10-11)24(25)26/h3-5,7-10,12-13,19,23H,2,6H2,1H3/t12-,13-,19-/m1/s1. The van der Waals surface area contributed by atoms with Gasteiger partial charge in [-0.15, -0.1) is 0 Å². The van der Waals surface area contributed by atoms with Gasteiger partial charge in [-0.05, 0) is 42.5 Å². The summed E-state index contributed by atoms with van der Waals surface area (Å²) in [6, 6.07) is 8.73. The molecule has 0 saturated carbocycles. The van der Waals surface area contributed by atoms with Crippen LogP contribution in [-0.2, 0) is 0 Å². The van der Waals surface area contributed by atoms with Gasteiger partial charge in [0.15, 0.2) is 0 Å². The van der Waals surface area contributed by atoms with Crippen LogP contribution < -0.4 is 10.1 Å². The van der Waals surface area contributed by atoms with E-state index in [9.17, 15) is 10.1 Å². The minimum atomic E-state index is -0.371. The Hall–Kier alpha value is -2.24. The Morgan fingerprint density at radius 1 is 1.30 bits per heavy atom. The van der Waals surface area contributed by atoms with Crippen molar-refractivity contribution in [2.75, 3.05) is 11.9 Å². The van der Waals surface area contributed by atoms with Crippen LogP contribution in [0.25, 0.3) is 0 Å². The highest BCUT2D eigenvalue weighted by Crippen LogP contribution is 2.54. The van der Waals surface area contributed by atoms with Crippen molar-refractivity contribution in [2.45, 2.75) is 25.3 Å². The summed E-state index contributed by atoms with van der Waals surface area (Å²) in [5.74, 6) is 0.772. The minimum Gasteiger partial charge on any atom is -0.494 e. The lowest BCUT2D eigenvalue weighted by Gasteiger charge is -2.37. The first-order valence-corrected chi connectivity index (χ1v) is 9.59. The number of benzene rings is 2. The van der Waals surface area contributed by atoms with E-state index >= 15 is 0 Å². The number of fused-ring (bicyclic) bond motifs is 3. The fourth-order valence-corrected chi connectivity index (χ4v) is 4.54. The molecule has 0 aromatic heterocycles. The first-order chi connectivity index (χ1) is 13.0. The van der Waals surface area contributed by atoms with Crippen molar-refractivity contribution in [1.82, 2.24) is 0 Å². The average Bonchev–Trinajstić information content (AvgIpc) is 3.13. The molecule has 0 fully saturated rings. The van der Waals surface area contributed by atoms with Crippen molar-refractivity contribution in [3.63, 3.8) is 0 Å². The Bertz CT molecular complexity index is 945. The second-order valence-corrected chi connectivity index (χ2v) is 7.50. The number of hydrogen-bond acceptors (Lipinski definition) is 4. The number of nitrogens with one attached hydrogen (secondary N) is 1. The summed E-state index contributed by atoms with van der Waals surface area (Å²) >= 11 is 12.7. The SMILES string of the molecule is CCOc1cc2c(c([N+](=O)[O-])c1)N[C@@H](c1cccc(Cl)c1Cl)[C@@H]1CC=C[C@@H]21. The molecule has 1 heterocycles. The molecular weight excluding hydrogens is 387 g/mol. The van der Waals surface area contributed by atoms with Gasteiger partial charge in [0.25, 0.3) is 5.69 Å². The largest absolute Gasteiger partial charge is 0.494 e. The molecule has 27 heavy (non-hydrogen) atoms. The van der Waals surface area contributed by atoms with Crippen LogP contribution >= 0.6 is 23.2 Å². The summed E-state index contributed by atoms with van der Waals surface area (Å²) in [4.78, 5) is 11.4. The van der Waals surface area contributed by atoms with E-state index in [1.54, 1.807) is 6.07 Å². The maximum Gasteiger partial charge on any atom is 0.296 e. The normalized spacial score (nSPS) is 22.7. The number of nitro benzene ring substituents is 1. The van der Waals surface area contributed by atoms with E-state index in [1.807, 2.05) is 25.1 Å². The van der Waals surface area contributed by atoms with Crippen molar-refractivity contribution in [3.05, 3.63) is 73.8 Å². The van der Waals surface area contributed by atoms with Crippen LogP contribution in [0.4, 0.5) is 11.4 Å². The van der Waals surface area contributed by atoms with Gasteiger partial charge in [0.2, 0.25) is 0 Å². The third-order valence-electron chi connectivity index (χ3n) is 5.25. The molecule has 5 nitrogen and oxygen atoms in total. The number of anilines is 1. The highest BCUT2D eigenvalue weighted by Gasteiger charge is 2.41. The Labute approximate surface area is 167 Å². The molecule has 0 unspecified atom stereocenters. The van der Waals surface area contributed by atoms with Crippen LogP contribution in [0.5, 0.6) is 5.75 Å². The highest BCUT2D eigenvalue weighted by atomic mass is 35.5. The number of hydrogen-bond donors (Lipinski definition) is 1. The molecule has 140 valence electrons. The van der Waals surface area contributed by atoms with Gasteiger partial charge in [0.05, 0.1) is 33.7 Å². The predicted octanol–water partition coefficient (Wildman–Crippen LogP) is 6.13. The van der Waals surface area contributed by atoms with E-state index in [0.29, 0.717) is 28.1 Å². The summed E-state index contributed by atoms with van der Waals surface area (Å²) in [6.45, 7) is 2.31. The molecule has 2 aromatic carbocycles. The van der Waals surface area contributed by atoms with Gasteiger partial charge >= 0.3 is 0 Å².